The maximum absolute atomic E-state index is 11.4. The van der Waals surface area contributed by atoms with Crippen LogP contribution in [0.1, 0.15) is 34.1 Å². The highest BCUT2D eigenvalue weighted by Gasteiger charge is 2.42. The van der Waals surface area contributed by atoms with E-state index >= 15 is 0 Å². The maximum Gasteiger partial charge on any atom is 0.338 e. The second-order valence-corrected chi connectivity index (χ2v) is 4.37. The third-order valence-corrected chi connectivity index (χ3v) is 2.27. The summed E-state index contributed by atoms with van der Waals surface area (Å²) in [6.45, 7) is 5.95. The van der Waals surface area contributed by atoms with Gasteiger partial charge < -0.3 is 14.2 Å². The molecule has 96 valence electrons. The summed E-state index contributed by atoms with van der Waals surface area (Å²) in [7, 11) is 0. The van der Waals surface area contributed by atoms with Crippen molar-refractivity contribution in [3.63, 3.8) is 0 Å². The molecule has 0 aliphatic carbocycles. The number of carbonyl (C=O) groups is 3. The van der Waals surface area contributed by atoms with Gasteiger partial charge in [0.15, 0.2) is 18.0 Å². The zero-order chi connectivity index (χ0) is 13.2. The summed E-state index contributed by atoms with van der Waals surface area (Å²) in [5.74, 6) is -2.53. The molecular formula is C11H16O6. The predicted molar refractivity (Wildman–Crippen MR) is 55.9 cm³/mol. The molecule has 0 aromatic carbocycles. The van der Waals surface area contributed by atoms with Crippen LogP contribution in [0.15, 0.2) is 0 Å². The summed E-state index contributed by atoms with van der Waals surface area (Å²) in [5, 5.41) is 0. The van der Waals surface area contributed by atoms with Crippen LogP contribution < -0.4 is 0 Å². The molecule has 6 nitrogen and oxygen atoms in total. The van der Waals surface area contributed by atoms with Gasteiger partial charge in [0, 0.05) is 13.8 Å². The van der Waals surface area contributed by atoms with Crippen molar-refractivity contribution in [1.82, 2.24) is 0 Å². The summed E-state index contributed by atoms with van der Waals surface area (Å²) in [4.78, 5) is 33.6. The van der Waals surface area contributed by atoms with Crippen LogP contribution in [0.3, 0.4) is 0 Å². The van der Waals surface area contributed by atoms with Gasteiger partial charge >= 0.3 is 11.9 Å². The highest BCUT2D eigenvalue weighted by Crippen LogP contribution is 2.25. The standard InChI is InChI=1S/C11H16O6/c1-6(12)7(2)15-9(13)5-8-10(14)17-11(3,4)16-8/h7-8H,5H2,1-4H3/t7-,8-/m0/s1. The summed E-state index contributed by atoms with van der Waals surface area (Å²) < 4.78 is 14.9. The van der Waals surface area contributed by atoms with Gasteiger partial charge in [0.05, 0.1) is 6.42 Å². The molecule has 0 amide bonds. The normalized spacial score (nSPS) is 24.0. The largest absolute Gasteiger partial charge is 0.455 e. The molecule has 0 N–H and O–H groups in total. The molecule has 1 saturated heterocycles. The SMILES string of the molecule is CC(=O)[C@H](C)OC(=O)C[C@@H]1OC(C)(C)OC1=O. The third kappa shape index (κ3) is 3.81. The van der Waals surface area contributed by atoms with Crippen molar-refractivity contribution in [3.05, 3.63) is 0 Å². The van der Waals surface area contributed by atoms with Crippen LogP contribution in [0, 0.1) is 0 Å². The third-order valence-electron chi connectivity index (χ3n) is 2.27. The van der Waals surface area contributed by atoms with Crippen LogP contribution in [-0.2, 0) is 28.6 Å². The van der Waals surface area contributed by atoms with Crippen LogP contribution in [0.4, 0.5) is 0 Å². The molecule has 0 bridgehead atoms. The van der Waals surface area contributed by atoms with Crippen LogP contribution in [0.25, 0.3) is 0 Å². The Bertz CT molecular complexity index is 346. The second-order valence-electron chi connectivity index (χ2n) is 4.37. The van der Waals surface area contributed by atoms with Crippen LogP contribution in [0.5, 0.6) is 0 Å². The minimum Gasteiger partial charge on any atom is -0.455 e. The molecule has 0 aromatic rings. The molecule has 0 spiro atoms. The summed E-state index contributed by atoms with van der Waals surface area (Å²) in [6.07, 6.45) is -2.02. The molecule has 0 radical (unpaired) electrons. The first kappa shape index (κ1) is 13.6. The first-order valence-electron chi connectivity index (χ1n) is 5.32. The molecule has 0 unspecified atom stereocenters. The van der Waals surface area contributed by atoms with E-state index in [1.54, 1.807) is 13.8 Å². The zero-order valence-electron chi connectivity index (χ0n) is 10.3. The van der Waals surface area contributed by atoms with Gasteiger partial charge in [-0.15, -0.1) is 0 Å². The summed E-state index contributed by atoms with van der Waals surface area (Å²) in [5.41, 5.74) is 0. The van der Waals surface area contributed by atoms with Crippen molar-refractivity contribution in [1.29, 1.82) is 0 Å². The van der Waals surface area contributed by atoms with Gasteiger partial charge in [-0.25, -0.2) is 4.79 Å². The number of hydrogen-bond donors (Lipinski definition) is 0. The number of esters is 2. The van der Waals surface area contributed by atoms with Gasteiger partial charge in [-0.2, -0.15) is 0 Å². The lowest BCUT2D eigenvalue weighted by molar-refractivity contribution is -0.163. The number of cyclic esters (lactones) is 1. The Morgan fingerprint density at radius 3 is 2.47 bits per heavy atom. The monoisotopic (exact) mass is 244 g/mol. The fourth-order valence-electron chi connectivity index (χ4n) is 1.33. The summed E-state index contributed by atoms with van der Waals surface area (Å²) in [6, 6.07) is 0. The fourth-order valence-corrected chi connectivity index (χ4v) is 1.33. The minimum atomic E-state index is -1.02. The minimum absolute atomic E-state index is 0.250. The molecular weight excluding hydrogens is 228 g/mol. The van der Waals surface area contributed by atoms with Crippen LogP contribution in [0.2, 0.25) is 0 Å². The number of Topliss-reactive ketones (excluding diaryl/α,β-unsaturated/α-hetero) is 1. The molecule has 0 aromatic heterocycles. The van der Waals surface area contributed by atoms with E-state index in [0.717, 1.165) is 0 Å². The molecule has 1 aliphatic heterocycles. The first-order chi connectivity index (χ1) is 7.71. The van der Waals surface area contributed by atoms with Gasteiger partial charge in [-0.1, -0.05) is 0 Å². The molecule has 0 saturated carbocycles. The van der Waals surface area contributed by atoms with E-state index in [1.165, 1.54) is 13.8 Å². The van der Waals surface area contributed by atoms with Crippen LogP contribution >= 0.6 is 0 Å². The van der Waals surface area contributed by atoms with Gasteiger partial charge in [0.2, 0.25) is 5.79 Å². The first-order valence-corrected chi connectivity index (χ1v) is 5.32. The van der Waals surface area contributed by atoms with E-state index in [9.17, 15) is 14.4 Å². The van der Waals surface area contributed by atoms with Crippen molar-refractivity contribution in [2.75, 3.05) is 0 Å². The Hall–Kier alpha value is -1.43. The molecule has 1 fully saturated rings. The topological polar surface area (TPSA) is 78.9 Å². The molecule has 6 heteroatoms. The predicted octanol–water partition coefficient (Wildman–Crippen LogP) is 0.575. The zero-order valence-corrected chi connectivity index (χ0v) is 10.3. The van der Waals surface area contributed by atoms with Gasteiger partial charge in [0.25, 0.3) is 0 Å². The van der Waals surface area contributed by atoms with E-state index in [4.69, 9.17) is 14.2 Å². The molecule has 1 heterocycles. The molecule has 1 aliphatic rings. The van der Waals surface area contributed by atoms with Crippen molar-refractivity contribution in [2.24, 2.45) is 0 Å². The Kier molecular flexibility index (Phi) is 3.87. The Labute approximate surface area is 99.2 Å². The van der Waals surface area contributed by atoms with E-state index in [2.05, 4.69) is 0 Å². The molecule has 17 heavy (non-hydrogen) atoms. The average Bonchev–Trinajstić information content (AvgIpc) is 2.38. The Balaban J connectivity index is 2.47. The van der Waals surface area contributed by atoms with E-state index in [0.29, 0.717) is 0 Å². The van der Waals surface area contributed by atoms with Crippen molar-refractivity contribution >= 4 is 17.7 Å². The number of ketones is 1. The highest BCUT2D eigenvalue weighted by molar-refractivity contribution is 5.86. The maximum atomic E-state index is 11.4. The quantitative estimate of drug-likeness (QED) is 0.673. The molecule has 2 atom stereocenters. The van der Waals surface area contributed by atoms with Crippen molar-refractivity contribution < 1.29 is 28.6 Å². The lowest BCUT2D eigenvalue weighted by Gasteiger charge is -2.15. The van der Waals surface area contributed by atoms with E-state index < -0.39 is 29.9 Å². The van der Waals surface area contributed by atoms with Gasteiger partial charge in [0.1, 0.15) is 0 Å². The van der Waals surface area contributed by atoms with Gasteiger partial charge in [-0.3, -0.25) is 9.59 Å². The van der Waals surface area contributed by atoms with E-state index in [1.807, 2.05) is 0 Å². The number of ether oxygens (including phenoxy) is 3. The number of rotatable bonds is 4. The lowest BCUT2D eigenvalue weighted by atomic mass is 10.2. The Morgan fingerprint density at radius 1 is 1.47 bits per heavy atom. The number of carbonyl (C=O) groups excluding carboxylic acids is 3. The van der Waals surface area contributed by atoms with Gasteiger partial charge in [-0.05, 0) is 13.8 Å². The van der Waals surface area contributed by atoms with E-state index in [-0.39, 0.29) is 12.2 Å². The highest BCUT2D eigenvalue weighted by atomic mass is 16.8. The Morgan fingerprint density at radius 2 is 2.06 bits per heavy atom. The van der Waals surface area contributed by atoms with Crippen molar-refractivity contribution in [2.45, 2.75) is 52.1 Å². The lowest BCUT2D eigenvalue weighted by Crippen LogP contribution is -2.27. The fraction of sp³-hybridized carbons (Fsp3) is 0.727. The summed E-state index contributed by atoms with van der Waals surface area (Å²) >= 11 is 0. The smallest absolute Gasteiger partial charge is 0.338 e. The number of hydrogen-bond acceptors (Lipinski definition) is 6. The van der Waals surface area contributed by atoms with Crippen molar-refractivity contribution in [3.8, 4) is 0 Å². The average molecular weight is 244 g/mol. The van der Waals surface area contributed by atoms with Crippen LogP contribution in [-0.4, -0.2) is 35.7 Å². The second kappa shape index (κ2) is 4.83. The molecule has 1 rings (SSSR count).